The van der Waals surface area contributed by atoms with Crippen LogP contribution in [-0.4, -0.2) is 21.9 Å². The second-order valence-electron chi connectivity index (χ2n) is 5.02. The summed E-state index contributed by atoms with van der Waals surface area (Å²) in [6.45, 7) is 2.06. The van der Waals surface area contributed by atoms with Crippen LogP contribution < -0.4 is 5.32 Å². The van der Waals surface area contributed by atoms with Gasteiger partial charge in [0, 0.05) is 4.90 Å². The molecule has 0 saturated heterocycles. The molecule has 0 radical (unpaired) electrons. The van der Waals surface area contributed by atoms with Crippen molar-refractivity contribution in [2.75, 3.05) is 11.1 Å². The molecular weight excluding hydrogens is 370 g/mol. The Morgan fingerprint density at radius 1 is 1.08 bits per heavy atom. The molecule has 1 N–H and O–H groups in total. The molecule has 1 amide bonds. The lowest BCUT2D eigenvalue weighted by Gasteiger charge is -2.16. The lowest BCUT2D eigenvalue weighted by molar-refractivity contribution is -0.115. The van der Waals surface area contributed by atoms with Crippen molar-refractivity contribution in [3.63, 3.8) is 0 Å². The molecule has 3 rings (SSSR count). The normalized spacial score (nSPS) is 11.9. The molecule has 7 heteroatoms. The molecule has 1 atom stereocenters. The molecular formula is C18H17N3OS3. The number of hydrogen-bond acceptors (Lipinski definition) is 6. The Bertz CT molecular complexity index is 809. The van der Waals surface area contributed by atoms with E-state index in [0.29, 0.717) is 5.13 Å². The van der Waals surface area contributed by atoms with Gasteiger partial charge < -0.3 is 0 Å². The van der Waals surface area contributed by atoms with E-state index < -0.39 is 0 Å². The van der Waals surface area contributed by atoms with Gasteiger partial charge in [-0.15, -0.1) is 22.0 Å². The topological polar surface area (TPSA) is 54.9 Å². The average molecular weight is 388 g/mol. The van der Waals surface area contributed by atoms with Crippen LogP contribution in [-0.2, 0) is 4.79 Å². The molecule has 4 nitrogen and oxygen atoms in total. The van der Waals surface area contributed by atoms with Crippen molar-refractivity contribution in [1.29, 1.82) is 0 Å². The number of nitrogens with zero attached hydrogens (tertiary/aromatic N) is 2. The SMILES string of the molecule is CCSc1nnc(NC(=O)C(Sc2ccccc2)c2ccccc2)s1. The Morgan fingerprint density at radius 3 is 2.44 bits per heavy atom. The summed E-state index contributed by atoms with van der Waals surface area (Å²) in [5.74, 6) is 0.836. The number of nitrogens with one attached hydrogen (secondary N) is 1. The van der Waals surface area contributed by atoms with E-state index in [2.05, 4.69) is 22.4 Å². The standard InChI is InChI=1S/C18H17N3OS3/c1-2-23-18-21-20-17(25-18)19-16(22)15(13-9-5-3-6-10-13)24-14-11-7-4-8-12-14/h3-12,15H,2H2,1H3,(H,19,20,22). The summed E-state index contributed by atoms with van der Waals surface area (Å²) >= 11 is 4.55. The summed E-state index contributed by atoms with van der Waals surface area (Å²) in [5, 5.41) is 11.2. The maximum atomic E-state index is 12.9. The lowest BCUT2D eigenvalue weighted by Crippen LogP contribution is -2.18. The highest BCUT2D eigenvalue weighted by Gasteiger charge is 2.23. The van der Waals surface area contributed by atoms with Crippen molar-refractivity contribution < 1.29 is 4.79 Å². The summed E-state index contributed by atoms with van der Waals surface area (Å²) in [6.07, 6.45) is 0. The van der Waals surface area contributed by atoms with E-state index >= 15 is 0 Å². The predicted molar refractivity (Wildman–Crippen MR) is 106 cm³/mol. The molecule has 0 fully saturated rings. The molecule has 25 heavy (non-hydrogen) atoms. The molecule has 0 aliphatic heterocycles. The van der Waals surface area contributed by atoms with E-state index in [1.54, 1.807) is 11.8 Å². The summed E-state index contributed by atoms with van der Waals surface area (Å²) in [4.78, 5) is 13.9. The van der Waals surface area contributed by atoms with Crippen LogP contribution in [0.4, 0.5) is 5.13 Å². The molecule has 1 aromatic heterocycles. The fourth-order valence-corrected chi connectivity index (χ4v) is 4.85. The molecule has 0 aliphatic rings. The van der Waals surface area contributed by atoms with Crippen LogP contribution in [0.1, 0.15) is 17.7 Å². The van der Waals surface area contributed by atoms with Gasteiger partial charge in [-0.2, -0.15) is 0 Å². The van der Waals surface area contributed by atoms with E-state index in [9.17, 15) is 4.79 Å². The third-order valence-corrected chi connectivity index (χ3v) is 6.36. The number of carbonyl (C=O) groups is 1. The van der Waals surface area contributed by atoms with E-state index in [4.69, 9.17) is 0 Å². The predicted octanol–water partition coefficient (Wildman–Crippen LogP) is 5.12. The molecule has 3 aromatic rings. The van der Waals surface area contributed by atoms with Crippen LogP contribution in [0.15, 0.2) is 69.9 Å². The van der Waals surface area contributed by atoms with E-state index in [1.807, 2.05) is 60.7 Å². The van der Waals surface area contributed by atoms with Gasteiger partial charge in [0.25, 0.3) is 0 Å². The Hall–Kier alpha value is -1.83. The van der Waals surface area contributed by atoms with Crippen molar-refractivity contribution in [1.82, 2.24) is 10.2 Å². The zero-order valence-corrected chi connectivity index (χ0v) is 16.0. The number of hydrogen-bond donors (Lipinski definition) is 1. The first-order valence-electron chi connectivity index (χ1n) is 7.80. The van der Waals surface area contributed by atoms with E-state index in [1.165, 1.54) is 23.1 Å². The van der Waals surface area contributed by atoms with Gasteiger partial charge in [-0.3, -0.25) is 10.1 Å². The quantitative estimate of drug-likeness (QED) is 0.450. The molecule has 0 bridgehead atoms. The fraction of sp³-hybridized carbons (Fsp3) is 0.167. The number of amides is 1. The molecule has 2 aromatic carbocycles. The van der Waals surface area contributed by atoms with Gasteiger partial charge in [0.2, 0.25) is 11.0 Å². The number of rotatable bonds is 7. The van der Waals surface area contributed by atoms with Gasteiger partial charge in [0.05, 0.1) is 0 Å². The van der Waals surface area contributed by atoms with Crippen molar-refractivity contribution in [2.24, 2.45) is 0 Å². The zero-order valence-electron chi connectivity index (χ0n) is 13.6. The molecule has 1 unspecified atom stereocenters. The highest BCUT2D eigenvalue weighted by molar-refractivity contribution is 8.01. The van der Waals surface area contributed by atoms with Crippen molar-refractivity contribution in [3.05, 3.63) is 66.2 Å². The van der Waals surface area contributed by atoms with Crippen LogP contribution >= 0.6 is 34.9 Å². The summed E-state index contributed by atoms with van der Waals surface area (Å²) in [5.41, 5.74) is 0.960. The summed E-state index contributed by atoms with van der Waals surface area (Å²) in [6, 6.07) is 19.7. The van der Waals surface area contributed by atoms with Crippen molar-refractivity contribution in [2.45, 2.75) is 21.4 Å². The summed E-state index contributed by atoms with van der Waals surface area (Å²) < 4.78 is 0.866. The van der Waals surface area contributed by atoms with Crippen LogP contribution in [0.2, 0.25) is 0 Å². The first-order valence-corrected chi connectivity index (χ1v) is 10.5. The summed E-state index contributed by atoms with van der Waals surface area (Å²) in [7, 11) is 0. The Balaban J connectivity index is 1.79. The lowest BCUT2D eigenvalue weighted by atomic mass is 10.1. The van der Waals surface area contributed by atoms with E-state index in [0.717, 1.165) is 20.6 Å². The minimum Gasteiger partial charge on any atom is -0.299 e. The number of carbonyl (C=O) groups excluding carboxylic acids is 1. The molecule has 0 spiro atoms. The van der Waals surface area contributed by atoms with Crippen molar-refractivity contribution in [3.8, 4) is 0 Å². The fourth-order valence-electron chi connectivity index (χ4n) is 2.15. The Kier molecular flexibility index (Phi) is 6.49. The first-order chi connectivity index (χ1) is 12.3. The Morgan fingerprint density at radius 2 is 1.76 bits per heavy atom. The number of thioether (sulfide) groups is 2. The third-order valence-electron chi connectivity index (χ3n) is 3.24. The van der Waals surface area contributed by atoms with Gasteiger partial charge in [-0.25, -0.2) is 0 Å². The molecule has 0 saturated carbocycles. The van der Waals surface area contributed by atoms with Crippen LogP contribution in [0.5, 0.6) is 0 Å². The van der Waals surface area contributed by atoms with Crippen LogP contribution in [0.3, 0.4) is 0 Å². The maximum Gasteiger partial charge on any atom is 0.244 e. The highest BCUT2D eigenvalue weighted by Crippen LogP contribution is 2.36. The van der Waals surface area contributed by atoms with E-state index in [-0.39, 0.29) is 11.2 Å². The largest absolute Gasteiger partial charge is 0.299 e. The van der Waals surface area contributed by atoms with Crippen LogP contribution in [0, 0.1) is 0 Å². The monoisotopic (exact) mass is 387 g/mol. The first kappa shape index (κ1) is 18.0. The third kappa shape index (κ3) is 5.07. The maximum absolute atomic E-state index is 12.9. The minimum atomic E-state index is -0.352. The number of aromatic nitrogens is 2. The number of anilines is 1. The van der Waals surface area contributed by atoms with Gasteiger partial charge >= 0.3 is 0 Å². The molecule has 0 aliphatic carbocycles. The molecule has 128 valence electrons. The van der Waals surface area contributed by atoms with Gasteiger partial charge in [0.1, 0.15) is 5.25 Å². The number of benzene rings is 2. The highest BCUT2D eigenvalue weighted by atomic mass is 32.2. The van der Waals surface area contributed by atoms with Gasteiger partial charge in [-0.1, -0.05) is 78.6 Å². The second-order valence-corrected chi connectivity index (χ2v) is 8.68. The zero-order chi connectivity index (χ0) is 17.5. The average Bonchev–Trinajstić information content (AvgIpc) is 3.08. The van der Waals surface area contributed by atoms with Crippen molar-refractivity contribution >= 4 is 45.9 Å². The smallest absolute Gasteiger partial charge is 0.244 e. The second kappa shape index (κ2) is 9.03. The molecule has 1 heterocycles. The van der Waals surface area contributed by atoms with Gasteiger partial charge in [-0.05, 0) is 23.4 Å². The minimum absolute atomic E-state index is 0.0933. The van der Waals surface area contributed by atoms with Gasteiger partial charge in [0.15, 0.2) is 4.34 Å². The Labute approximate surface area is 159 Å². The van der Waals surface area contributed by atoms with Crippen LogP contribution in [0.25, 0.3) is 0 Å².